The Morgan fingerprint density at radius 1 is 1.00 bits per heavy atom. The first-order valence-corrected chi connectivity index (χ1v) is 10.1. The molecule has 0 atom stereocenters. The topological polar surface area (TPSA) is 113 Å². The van der Waals surface area contributed by atoms with Gasteiger partial charge in [0.1, 0.15) is 11.8 Å². The normalized spacial score (nSPS) is 10.5. The SMILES string of the molecule is N#Cc1ccc(NC(=O)CCNC(=O)c2nc3ccccc3n2Cc2ccccc2)cn1. The van der Waals surface area contributed by atoms with Gasteiger partial charge in [0.05, 0.1) is 22.9 Å². The smallest absolute Gasteiger partial charge is 0.287 e. The molecule has 0 spiro atoms. The predicted molar refractivity (Wildman–Crippen MR) is 120 cm³/mol. The maximum absolute atomic E-state index is 12.9. The van der Waals surface area contributed by atoms with Gasteiger partial charge >= 0.3 is 0 Å². The number of nitrogens with zero attached hydrogens (tertiary/aromatic N) is 4. The van der Waals surface area contributed by atoms with Gasteiger partial charge in [0.25, 0.3) is 5.91 Å². The number of para-hydroxylation sites is 2. The van der Waals surface area contributed by atoms with Gasteiger partial charge < -0.3 is 15.2 Å². The molecule has 2 heterocycles. The van der Waals surface area contributed by atoms with Crippen LogP contribution in [0.15, 0.2) is 72.9 Å². The summed E-state index contributed by atoms with van der Waals surface area (Å²) in [6.07, 6.45) is 1.51. The van der Waals surface area contributed by atoms with Crippen molar-refractivity contribution in [3.63, 3.8) is 0 Å². The first-order chi connectivity index (χ1) is 15.6. The zero-order valence-corrected chi connectivity index (χ0v) is 17.2. The molecule has 0 aliphatic heterocycles. The molecular formula is C24H20N6O2. The highest BCUT2D eigenvalue weighted by atomic mass is 16.2. The molecule has 2 aromatic carbocycles. The highest BCUT2D eigenvalue weighted by Gasteiger charge is 2.18. The number of aromatic nitrogens is 3. The quantitative estimate of drug-likeness (QED) is 0.473. The summed E-state index contributed by atoms with van der Waals surface area (Å²) >= 11 is 0. The first-order valence-electron chi connectivity index (χ1n) is 10.1. The second-order valence-corrected chi connectivity index (χ2v) is 7.09. The van der Waals surface area contributed by atoms with Crippen LogP contribution in [0.2, 0.25) is 0 Å². The van der Waals surface area contributed by atoms with Crippen LogP contribution in [0.5, 0.6) is 0 Å². The van der Waals surface area contributed by atoms with E-state index in [1.807, 2.05) is 65.2 Å². The third kappa shape index (κ3) is 4.79. The monoisotopic (exact) mass is 424 g/mol. The van der Waals surface area contributed by atoms with Crippen LogP contribution in [0, 0.1) is 11.3 Å². The molecule has 0 aliphatic carbocycles. The summed E-state index contributed by atoms with van der Waals surface area (Å²) in [4.78, 5) is 33.4. The average Bonchev–Trinajstić information content (AvgIpc) is 3.19. The molecule has 0 saturated heterocycles. The van der Waals surface area contributed by atoms with Crippen molar-refractivity contribution in [3.8, 4) is 6.07 Å². The highest BCUT2D eigenvalue weighted by Crippen LogP contribution is 2.18. The lowest BCUT2D eigenvalue weighted by atomic mass is 10.2. The number of nitriles is 1. The number of rotatable bonds is 7. The van der Waals surface area contributed by atoms with Crippen molar-refractivity contribution in [2.75, 3.05) is 11.9 Å². The fraction of sp³-hybridized carbons (Fsp3) is 0.125. The summed E-state index contributed by atoms with van der Waals surface area (Å²) in [5, 5.41) is 14.2. The molecule has 0 unspecified atom stereocenters. The Bertz CT molecular complexity index is 1290. The van der Waals surface area contributed by atoms with Gasteiger partial charge in [-0.25, -0.2) is 9.97 Å². The van der Waals surface area contributed by atoms with Crippen LogP contribution in [0.4, 0.5) is 5.69 Å². The van der Waals surface area contributed by atoms with Crippen LogP contribution in [0.3, 0.4) is 0 Å². The molecule has 0 saturated carbocycles. The highest BCUT2D eigenvalue weighted by molar-refractivity contribution is 5.95. The minimum Gasteiger partial charge on any atom is -0.349 e. The molecule has 0 radical (unpaired) electrons. The van der Waals surface area contributed by atoms with Crippen molar-refractivity contribution in [1.29, 1.82) is 5.26 Å². The number of pyridine rings is 1. The fourth-order valence-electron chi connectivity index (χ4n) is 3.30. The number of carbonyl (C=O) groups is 2. The molecule has 0 aliphatic rings. The van der Waals surface area contributed by atoms with E-state index in [0.29, 0.717) is 18.1 Å². The number of amides is 2. The van der Waals surface area contributed by atoms with Crippen LogP contribution in [0.1, 0.15) is 28.3 Å². The van der Waals surface area contributed by atoms with Crippen molar-refractivity contribution in [2.45, 2.75) is 13.0 Å². The average molecular weight is 424 g/mol. The number of imidazole rings is 1. The minimum absolute atomic E-state index is 0.0880. The second-order valence-electron chi connectivity index (χ2n) is 7.09. The van der Waals surface area contributed by atoms with E-state index >= 15 is 0 Å². The van der Waals surface area contributed by atoms with Gasteiger partial charge in [-0.3, -0.25) is 9.59 Å². The molecule has 0 fully saturated rings. The van der Waals surface area contributed by atoms with E-state index in [1.165, 1.54) is 12.3 Å². The maximum atomic E-state index is 12.9. The molecule has 2 N–H and O–H groups in total. The summed E-state index contributed by atoms with van der Waals surface area (Å²) < 4.78 is 1.88. The van der Waals surface area contributed by atoms with E-state index in [2.05, 4.69) is 20.6 Å². The Kier molecular flexibility index (Phi) is 6.18. The number of carbonyl (C=O) groups excluding carboxylic acids is 2. The third-order valence-electron chi connectivity index (χ3n) is 4.84. The van der Waals surface area contributed by atoms with Crippen molar-refractivity contribution in [2.24, 2.45) is 0 Å². The van der Waals surface area contributed by atoms with Gasteiger partial charge in [-0.15, -0.1) is 0 Å². The van der Waals surface area contributed by atoms with E-state index in [1.54, 1.807) is 6.07 Å². The lowest BCUT2D eigenvalue weighted by Crippen LogP contribution is -2.30. The standard InChI is InChI=1S/C24H20N6O2/c25-14-18-10-11-19(15-27-18)28-22(31)12-13-26-24(32)23-29-20-8-4-5-9-21(20)30(23)16-17-6-2-1-3-7-17/h1-11,15H,12-13,16H2,(H,26,32)(H,28,31). The molecule has 158 valence electrons. The predicted octanol–water partition coefficient (Wildman–Crippen LogP) is 3.11. The largest absolute Gasteiger partial charge is 0.349 e. The molecule has 32 heavy (non-hydrogen) atoms. The first kappa shape index (κ1) is 20.8. The number of hydrogen-bond acceptors (Lipinski definition) is 5. The molecule has 0 bridgehead atoms. The van der Waals surface area contributed by atoms with Crippen molar-refractivity contribution in [1.82, 2.24) is 19.9 Å². The molecule has 2 aromatic heterocycles. The Morgan fingerprint density at radius 2 is 1.78 bits per heavy atom. The summed E-state index contributed by atoms with van der Waals surface area (Å²) in [5.41, 5.74) is 3.42. The van der Waals surface area contributed by atoms with Gasteiger partial charge in [0.15, 0.2) is 5.82 Å². The van der Waals surface area contributed by atoms with E-state index in [0.717, 1.165) is 16.6 Å². The van der Waals surface area contributed by atoms with E-state index in [4.69, 9.17) is 5.26 Å². The fourth-order valence-corrected chi connectivity index (χ4v) is 3.30. The van der Waals surface area contributed by atoms with Crippen molar-refractivity contribution >= 4 is 28.5 Å². The van der Waals surface area contributed by atoms with E-state index in [-0.39, 0.29) is 30.5 Å². The molecule has 8 heteroatoms. The van der Waals surface area contributed by atoms with Gasteiger partial charge in [-0.2, -0.15) is 5.26 Å². The van der Waals surface area contributed by atoms with Crippen LogP contribution >= 0.6 is 0 Å². The summed E-state index contributed by atoms with van der Waals surface area (Å²) in [6, 6.07) is 22.5. The summed E-state index contributed by atoms with van der Waals surface area (Å²) in [5.74, 6) is -0.314. The third-order valence-corrected chi connectivity index (χ3v) is 4.84. The lowest BCUT2D eigenvalue weighted by molar-refractivity contribution is -0.116. The van der Waals surface area contributed by atoms with Gasteiger partial charge in [-0.1, -0.05) is 42.5 Å². The minimum atomic E-state index is -0.343. The Hall–Kier alpha value is -4.51. The lowest BCUT2D eigenvalue weighted by Gasteiger charge is -2.10. The molecule has 4 aromatic rings. The van der Waals surface area contributed by atoms with Gasteiger partial charge in [-0.05, 0) is 29.8 Å². The maximum Gasteiger partial charge on any atom is 0.287 e. The van der Waals surface area contributed by atoms with Crippen LogP contribution in [-0.2, 0) is 11.3 Å². The van der Waals surface area contributed by atoms with E-state index in [9.17, 15) is 9.59 Å². The molecular weight excluding hydrogens is 404 g/mol. The summed E-state index contributed by atoms with van der Waals surface area (Å²) in [7, 11) is 0. The van der Waals surface area contributed by atoms with Gasteiger partial charge in [0.2, 0.25) is 5.91 Å². The molecule has 8 nitrogen and oxygen atoms in total. The number of benzene rings is 2. The number of anilines is 1. The van der Waals surface area contributed by atoms with Crippen molar-refractivity contribution in [3.05, 3.63) is 90.0 Å². The number of fused-ring (bicyclic) bond motifs is 1. The second kappa shape index (κ2) is 9.53. The van der Waals surface area contributed by atoms with Crippen LogP contribution in [0.25, 0.3) is 11.0 Å². The van der Waals surface area contributed by atoms with Crippen LogP contribution < -0.4 is 10.6 Å². The Balaban J connectivity index is 1.41. The number of hydrogen-bond donors (Lipinski definition) is 2. The Morgan fingerprint density at radius 3 is 2.53 bits per heavy atom. The van der Waals surface area contributed by atoms with Crippen molar-refractivity contribution < 1.29 is 9.59 Å². The van der Waals surface area contributed by atoms with E-state index < -0.39 is 0 Å². The van der Waals surface area contributed by atoms with Gasteiger partial charge in [0, 0.05) is 19.5 Å². The van der Waals surface area contributed by atoms with Crippen LogP contribution in [-0.4, -0.2) is 32.9 Å². The summed E-state index contributed by atoms with van der Waals surface area (Å²) in [6.45, 7) is 0.666. The Labute approximate surface area is 184 Å². The zero-order valence-electron chi connectivity index (χ0n) is 17.2. The molecule has 2 amide bonds. The number of nitrogens with one attached hydrogen (secondary N) is 2. The molecule has 4 rings (SSSR count). The zero-order chi connectivity index (χ0) is 22.3.